The first kappa shape index (κ1) is 17.4. The van der Waals surface area contributed by atoms with E-state index in [0.717, 1.165) is 12.1 Å². The molecule has 142 valence electrons. The number of nitrogens with zero attached hydrogens (tertiary/aromatic N) is 2. The van der Waals surface area contributed by atoms with E-state index in [1.54, 1.807) is 18.2 Å². The summed E-state index contributed by atoms with van der Waals surface area (Å²) in [6, 6.07) is 21.4. The summed E-state index contributed by atoms with van der Waals surface area (Å²) in [6.45, 7) is 2.24. The highest BCUT2D eigenvalue weighted by atomic mass is 16.2. The van der Waals surface area contributed by atoms with Gasteiger partial charge in [-0.2, -0.15) is 5.10 Å². The number of aromatic nitrogens is 2. The van der Waals surface area contributed by atoms with E-state index in [-0.39, 0.29) is 17.2 Å². The number of nitrogens with one attached hydrogen (secondary N) is 1. The lowest BCUT2D eigenvalue weighted by molar-refractivity contribution is 0.102. The molecule has 0 atom stereocenters. The van der Waals surface area contributed by atoms with Crippen LogP contribution >= 0.6 is 0 Å². The number of amides is 1. The maximum absolute atomic E-state index is 13.0. The lowest BCUT2D eigenvalue weighted by atomic mass is 10.1. The predicted octanol–water partition coefficient (Wildman–Crippen LogP) is 4.24. The lowest BCUT2D eigenvalue weighted by Gasteiger charge is -2.11. The van der Waals surface area contributed by atoms with E-state index in [2.05, 4.69) is 28.6 Å². The first-order valence-electron chi connectivity index (χ1n) is 9.68. The molecular formula is C24H19N3O2. The van der Waals surface area contributed by atoms with Crippen LogP contribution in [0.5, 0.6) is 0 Å². The highest BCUT2D eigenvalue weighted by Gasteiger charge is 2.20. The van der Waals surface area contributed by atoms with Crippen LogP contribution in [0.25, 0.3) is 21.9 Å². The van der Waals surface area contributed by atoms with Gasteiger partial charge in [-0.3, -0.25) is 9.59 Å². The number of carbonyl (C=O) groups excluding carboxylic acids is 1. The largest absolute Gasteiger partial charge is 0.321 e. The maximum atomic E-state index is 13.0. The summed E-state index contributed by atoms with van der Waals surface area (Å²) in [6.07, 6.45) is 0.858. The van der Waals surface area contributed by atoms with E-state index in [1.807, 2.05) is 37.3 Å². The van der Waals surface area contributed by atoms with Crippen molar-refractivity contribution in [2.45, 2.75) is 19.9 Å². The van der Waals surface area contributed by atoms with Crippen LogP contribution in [0, 0.1) is 0 Å². The quantitative estimate of drug-likeness (QED) is 0.508. The SMILES string of the molecule is CCn1nc(C(=O)Nc2ccc3c(c2)Cc2ccccc2-3)c2ccccc2c1=O. The number of aryl methyl sites for hydroxylation is 1. The van der Waals surface area contributed by atoms with E-state index >= 15 is 0 Å². The Labute approximate surface area is 167 Å². The monoisotopic (exact) mass is 381 g/mol. The molecule has 5 rings (SSSR count). The third-order valence-electron chi connectivity index (χ3n) is 5.43. The Balaban J connectivity index is 1.51. The molecule has 0 fully saturated rings. The van der Waals surface area contributed by atoms with Gasteiger partial charge in [0.25, 0.3) is 11.5 Å². The second-order valence-corrected chi connectivity index (χ2v) is 7.18. The van der Waals surface area contributed by atoms with Gasteiger partial charge in [-0.05, 0) is 53.8 Å². The topological polar surface area (TPSA) is 64.0 Å². The van der Waals surface area contributed by atoms with E-state index in [4.69, 9.17) is 0 Å². The van der Waals surface area contributed by atoms with E-state index in [1.165, 1.54) is 26.9 Å². The van der Waals surface area contributed by atoms with Gasteiger partial charge in [-0.15, -0.1) is 0 Å². The minimum absolute atomic E-state index is 0.185. The van der Waals surface area contributed by atoms with Crippen molar-refractivity contribution in [3.63, 3.8) is 0 Å². The van der Waals surface area contributed by atoms with Crippen LogP contribution in [0.4, 0.5) is 5.69 Å². The van der Waals surface area contributed by atoms with Crippen molar-refractivity contribution in [2.75, 3.05) is 5.32 Å². The van der Waals surface area contributed by atoms with E-state index in [0.29, 0.717) is 17.3 Å². The van der Waals surface area contributed by atoms with Crippen LogP contribution in [0.15, 0.2) is 71.5 Å². The zero-order valence-electron chi connectivity index (χ0n) is 16.0. The summed E-state index contributed by atoms with van der Waals surface area (Å²) in [7, 11) is 0. The molecule has 3 aromatic carbocycles. The van der Waals surface area contributed by atoms with Crippen LogP contribution in [-0.4, -0.2) is 15.7 Å². The van der Waals surface area contributed by atoms with Gasteiger partial charge in [-0.25, -0.2) is 4.68 Å². The fraction of sp³-hybridized carbons (Fsp3) is 0.125. The van der Waals surface area contributed by atoms with Crippen LogP contribution < -0.4 is 10.9 Å². The van der Waals surface area contributed by atoms with Gasteiger partial charge in [0.15, 0.2) is 5.69 Å². The van der Waals surface area contributed by atoms with Crippen molar-refractivity contribution in [1.82, 2.24) is 9.78 Å². The fourth-order valence-electron chi connectivity index (χ4n) is 4.03. The Kier molecular flexibility index (Phi) is 4.02. The summed E-state index contributed by atoms with van der Waals surface area (Å²) >= 11 is 0. The summed E-state index contributed by atoms with van der Waals surface area (Å²) in [5, 5.41) is 8.34. The molecule has 5 heteroatoms. The number of anilines is 1. The van der Waals surface area contributed by atoms with Crippen molar-refractivity contribution in [2.24, 2.45) is 0 Å². The molecule has 0 spiro atoms. The molecule has 0 saturated carbocycles. The van der Waals surface area contributed by atoms with Crippen molar-refractivity contribution in [3.05, 3.63) is 93.9 Å². The summed E-state index contributed by atoms with van der Waals surface area (Å²) in [4.78, 5) is 25.5. The smallest absolute Gasteiger partial charge is 0.276 e. The molecule has 1 aliphatic carbocycles. The van der Waals surface area contributed by atoms with Gasteiger partial charge in [0, 0.05) is 17.6 Å². The average molecular weight is 381 g/mol. The Bertz CT molecular complexity index is 1340. The van der Waals surface area contributed by atoms with Crippen molar-refractivity contribution in [3.8, 4) is 11.1 Å². The molecule has 1 aliphatic rings. The molecule has 5 nitrogen and oxygen atoms in total. The van der Waals surface area contributed by atoms with Gasteiger partial charge in [0.05, 0.1) is 5.39 Å². The van der Waals surface area contributed by atoms with Gasteiger partial charge in [-0.1, -0.05) is 48.5 Å². The van der Waals surface area contributed by atoms with Gasteiger partial charge < -0.3 is 5.32 Å². The van der Waals surface area contributed by atoms with Crippen molar-refractivity contribution < 1.29 is 4.79 Å². The Hall–Kier alpha value is -3.73. The molecule has 0 unspecified atom stereocenters. The van der Waals surface area contributed by atoms with E-state index < -0.39 is 0 Å². The summed E-state index contributed by atoms with van der Waals surface area (Å²) in [5.41, 5.74) is 5.75. The molecule has 0 radical (unpaired) electrons. The molecular weight excluding hydrogens is 362 g/mol. The molecule has 1 amide bonds. The number of rotatable bonds is 3. The standard InChI is InChI=1S/C24H19N3O2/c1-2-27-24(29)21-10-6-5-9-20(21)22(26-27)23(28)25-17-11-12-19-16(14-17)13-15-7-3-4-8-18(15)19/h3-12,14H,2,13H2,1H3,(H,25,28). The van der Waals surface area contributed by atoms with Gasteiger partial charge in [0.2, 0.25) is 0 Å². The summed E-state index contributed by atoms with van der Waals surface area (Å²) < 4.78 is 1.33. The lowest BCUT2D eigenvalue weighted by Crippen LogP contribution is -2.27. The highest BCUT2D eigenvalue weighted by Crippen LogP contribution is 2.37. The number of hydrogen-bond acceptors (Lipinski definition) is 3. The normalized spacial score (nSPS) is 11.9. The minimum atomic E-state index is -0.320. The third kappa shape index (κ3) is 2.83. The summed E-state index contributed by atoms with van der Waals surface area (Å²) in [5.74, 6) is -0.320. The number of fused-ring (bicyclic) bond motifs is 4. The van der Waals surface area contributed by atoms with Crippen molar-refractivity contribution >= 4 is 22.4 Å². The first-order chi connectivity index (χ1) is 14.2. The predicted molar refractivity (Wildman–Crippen MR) is 114 cm³/mol. The molecule has 0 aliphatic heterocycles. The number of benzene rings is 3. The molecule has 0 saturated heterocycles. The zero-order chi connectivity index (χ0) is 20.0. The van der Waals surface area contributed by atoms with Gasteiger partial charge >= 0.3 is 0 Å². The molecule has 29 heavy (non-hydrogen) atoms. The van der Waals surface area contributed by atoms with Crippen LogP contribution in [0.3, 0.4) is 0 Å². The first-order valence-corrected chi connectivity index (χ1v) is 9.68. The molecule has 4 aromatic rings. The van der Waals surface area contributed by atoms with Crippen LogP contribution in [0.1, 0.15) is 28.5 Å². The van der Waals surface area contributed by atoms with E-state index in [9.17, 15) is 9.59 Å². The zero-order valence-corrected chi connectivity index (χ0v) is 16.0. The third-order valence-corrected chi connectivity index (χ3v) is 5.43. The minimum Gasteiger partial charge on any atom is -0.321 e. The fourth-order valence-corrected chi connectivity index (χ4v) is 4.03. The second kappa shape index (κ2) is 6.71. The number of hydrogen-bond donors (Lipinski definition) is 1. The Morgan fingerprint density at radius 1 is 0.966 bits per heavy atom. The molecule has 1 heterocycles. The second-order valence-electron chi connectivity index (χ2n) is 7.18. The van der Waals surface area contributed by atoms with Crippen LogP contribution in [0.2, 0.25) is 0 Å². The van der Waals surface area contributed by atoms with Gasteiger partial charge in [0.1, 0.15) is 0 Å². The molecule has 1 aromatic heterocycles. The van der Waals surface area contributed by atoms with Crippen LogP contribution in [-0.2, 0) is 13.0 Å². The Morgan fingerprint density at radius 3 is 2.52 bits per heavy atom. The van der Waals surface area contributed by atoms with Crippen molar-refractivity contribution in [1.29, 1.82) is 0 Å². The molecule has 1 N–H and O–H groups in total. The number of carbonyl (C=O) groups is 1. The highest BCUT2D eigenvalue weighted by molar-refractivity contribution is 6.11. The molecule has 0 bridgehead atoms. The average Bonchev–Trinajstić information content (AvgIpc) is 3.12. The Morgan fingerprint density at radius 2 is 1.69 bits per heavy atom. The maximum Gasteiger partial charge on any atom is 0.276 e.